The van der Waals surface area contributed by atoms with Crippen molar-refractivity contribution < 1.29 is 9.18 Å². The van der Waals surface area contributed by atoms with Crippen molar-refractivity contribution in [3.63, 3.8) is 0 Å². The maximum Gasteiger partial charge on any atom is 0.282 e. The molecule has 0 radical (unpaired) electrons. The lowest BCUT2D eigenvalue weighted by molar-refractivity contribution is 0.0993. The molecule has 0 atom stereocenters. The second-order valence-corrected chi connectivity index (χ2v) is 8.66. The number of nitrogens with zero attached hydrogens (tertiary/aromatic N) is 2. The van der Waals surface area contributed by atoms with Gasteiger partial charge in [0, 0.05) is 22.6 Å². The lowest BCUT2D eigenvalue weighted by atomic mass is 9.95. The second kappa shape index (κ2) is 7.19. The van der Waals surface area contributed by atoms with Gasteiger partial charge in [-0.25, -0.2) is 4.39 Å². The largest absolute Gasteiger partial charge is 0.323 e. The van der Waals surface area contributed by atoms with E-state index in [2.05, 4.69) is 39.6 Å². The SMILES string of the molecule is CC(C)Cn1cc(C(C)(C)C)s/c1=N\C(=O)c1cc(Cl)ccc1F. The molecule has 6 heteroatoms. The molecule has 0 saturated heterocycles. The van der Waals surface area contributed by atoms with E-state index in [1.807, 2.05) is 10.8 Å². The van der Waals surface area contributed by atoms with Crippen LogP contribution in [0, 0.1) is 11.7 Å². The molecule has 24 heavy (non-hydrogen) atoms. The molecule has 2 rings (SSSR count). The predicted octanol–water partition coefficient (Wildman–Crippen LogP) is 5.04. The van der Waals surface area contributed by atoms with Gasteiger partial charge in [0.05, 0.1) is 5.56 Å². The highest BCUT2D eigenvalue weighted by Gasteiger charge is 2.19. The van der Waals surface area contributed by atoms with Crippen molar-refractivity contribution >= 4 is 28.8 Å². The first-order valence-corrected chi connectivity index (χ1v) is 9.02. The average Bonchev–Trinajstić information content (AvgIpc) is 2.83. The Kier molecular flexibility index (Phi) is 5.66. The Morgan fingerprint density at radius 3 is 2.62 bits per heavy atom. The first kappa shape index (κ1) is 18.9. The van der Waals surface area contributed by atoms with Gasteiger partial charge < -0.3 is 4.57 Å². The lowest BCUT2D eigenvalue weighted by Crippen LogP contribution is -2.19. The summed E-state index contributed by atoms with van der Waals surface area (Å²) in [6.07, 6.45) is 2.03. The Hall–Kier alpha value is -1.46. The fourth-order valence-electron chi connectivity index (χ4n) is 2.15. The molecule has 0 aliphatic carbocycles. The van der Waals surface area contributed by atoms with Crippen LogP contribution in [0.25, 0.3) is 0 Å². The van der Waals surface area contributed by atoms with Gasteiger partial charge in [0.15, 0.2) is 4.80 Å². The fraction of sp³-hybridized carbons (Fsp3) is 0.444. The van der Waals surface area contributed by atoms with Crippen molar-refractivity contribution in [1.29, 1.82) is 0 Å². The molecular weight excluding hydrogens is 347 g/mol. The van der Waals surface area contributed by atoms with Crippen LogP contribution in [-0.2, 0) is 12.0 Å². The number of hydrogen-bond acceptors (Lipinski definition) is 2. The number of benzene rings is 1. The van der Waals surface area contributed by atoms with E-state index in [0.29, 0.717) is 15.7 Å². The predicted molar refractivity (Wildman–Crippen MR) is 97.2 cm³/mol. The summed E-state index contributed by atoms with van der Waals surface area (Å²) in [5.41, 5.74) is -0.147. The maximum absolute atomic E-state index is 13.9. The monoisotopic (exact) mass is 368 g/mol. The third-order valence-electron chi connectivity index (χ3n) is 3.38. The molecule has 0 saturated carbocycles. The van der Waals surface area contributed by atoms with E-state index in [1.165, 1.54) is 29.5 Å². The van der Waals surface area contributed by atoms with E-state index in [0.717, 1.165) is 11.4 Å². The zero-order valence-corrected chi connectivity index (χ0v) is 16.1. The number of carbonyl (C=O) groups excluding carboxylic acids is 1. The van der Waals surface area contributed by atoms with Crippen LogP contribution in [0.1, 0.15) is 49.9 Å². The highest BCUT2D eigenvalue weighted by Crippen LogP contribution is 2.25. The summed E-state index contributed by atoms with van der Waals surface area (Å²) in [6, 6.07) is 3.91. The molecule has 1 amide bonds. The third kappa shape index (κ3) is 4.54. The molecule has 0 bridgehead atoms. The van der Waals surface area contributed by atoms with Gasteiger partial charge in [-0.15, -0.1) is 11.3 Å². The van der Waals surface area contributed by atoms with E-state index < -0.39 is 11.7 Å². The van der Waals surface area contributed by atoms with Gasteiger partial charge in [0.2, 0.25) is 0 Å². The van der Waals surface area contributed by atoms with Crippen LogP contribution in [0.5, 0.6) is 0 Å². The molecule has 3 nitrogen and oxygen atoms in total. The van der Waals surface area contributed by atoms with Crippen LogP contribution in [0.3, 0.4) is 0 Å². The number of halogens is 2. The summed E-state index contributed by atoms with van der Waals surface area (Å²) in [7, 11) is 0. The smallest absolute Gasteiger partial charge is 0.282 e. The standard InChI is InChI=1S/C18H22ClFN2OS/c1-11(2)9-22-10-15(18(3,4)5)24-17(22)21-16(23)13-8-12(19)6-7-14(13)20/h6-8,10-11H,9H2,1-5H3/b21-17-. The zero-order chi connectivity index (χ0) is 18.1. The molecule has 0 fully saturated rings. The fourth-order valence-corrected chi connectivity index (χ4v) is 3.37. The van der Waals surface area contributed by atoms with Crippen LogP contribution in [0.4, 0.5) is 4.39 Å². The Balaban J connectivity index is 2.52. The molecule has 1 aromatic carbocycles. The molecular formula is C18H22ClFN2OS. The number of aromatic nitrogens is 1. The van der Waals surface area contributed by atoms with Gasteiger partial charge in [0.1, 0.15) is 5.82 Å². The Morgan fingerprint density at radius 1 is 1.38 bits per heavy atom. The van der Waals surface area contributed by atoms with Crippen LogP contribution in [-0.4, -0.2) is 10.5 Å². The quantitative estimate of drug-likeness (QED) is 0.747. The van der Waals surface area contributed by atoms with E-state index >= 15 is 0 Å². The summed E-state index contributed by atoms with van der Waals surface area (Å²) in [4.78, 5) is 18.3. The molecule has 0 spiro atoms. The van der Waals surface area contributed by atoms with Crippen molar-refractivity contribution in [2.45, 2.75) is 46.6 Å². The van der Waals surface area contributed by atoms with Crippen LogP contribution >= 0.6 is 22.9 Å². The highest BCUT2D eigenvalue weighted by atomic mass is 35.5. The summed E-state index contributed by atoms with van der Waals surface area (Å²) in [5.74, 6) is -0.824. The molecule has 0 unspecified atom stereocenters. The third-order valence-corrected chi connectivity index (χ3v) is 5.06. The van der Waals surface area contributed by atoms with Crippen molar-refractivity contribution in [3.05, 3.63) is 50.5 Å². The molecule has 2 aromatic rings. The average molecular weight is 369 g/mol. The van der Waals surface area contributed by atoms with E-state index in [1.54, 1.807) is 0 Å². The number of rotatable bonds is 3. The van der Waals surface area contributed by atoms with E-state index in [-0.39, 0.29) is 11.0 Å². The van der Waals surface area contributed by atoms with Gasteiger partial charge in [-0.3, -0.25) is 4.79 Å². The zero-order valence-electron chi connectivity index (χ0n) is 14.6. The van der Waals surface area contributed by atoms with Crippen LogP contribution < -0.4 is 4.80 Å². The van der Waals surface area contributed by atoms with Crippen LogP contribution in [0.15, 0.2) is 29.4 Å². The number of hydrogen-bond donors (Lipinski definition) is 0. The molecule has 0 aliphatic heterocycles. The van der Waals surface area contributed by atoms with Crippen molar-refractivity contribution in [2.75, 3.05) is 0 Å². The minimum atomic E-state index is -0.616. The van der Waals surface area contributed by atoms with Gasteiger partial charge in [-0.05, 0) is 29.5 Å². The maximum atomic E-state index is 13.9. The summed E-state index contributed by atoms with van der Waals surface area (Å²) < 4.78 is 15.9. The molecule has 1 heterocycles. The molecule has 0 aliphatic rings. The Bertz CT molecular complexity index is 815. The molecule has 0 N–H and O–H groups in total. The number of thiazole rings is 1. The van der Waals surface area contributed by atoms with Gasteiger partial charge in [-0.2, -0.15) is 4.99 Å². The minimum absolute atomic E-state index is 0.0402. The summed E-state index contributed by atoms with van der Waals surface area (Å²) in [5, 5.41) is 0.312. The minimum Gasteiger partial charge on any atom is -0.323 e. The van der Waals surface area contributed by atoms with Crippen molar-refractivity contribution in [1.82, 2.24) is 4.57 Å². The highest BCUT2D eigenvalue weighted by molar-refractivity contribution is 7.09. The van der Waals surface area contributed by atoms with Gasteiger partial charge in [-0.1, -0.05) is 46.2 Å². The first-order chi connectivity index (χ1) is 11.1. The van der Waals surface area contributed by atoms with Crippen molar-refractivity contribution in [2.24, 2.45) is 10.9 Å². The summed E-state index contributed by atoms with van der Waals surface area (Å²) >= 11 is 7.33. The lowest BCUT2D eigenvalue weighted by Gasteiger charge is -2.14. The Morgan fingerprint density at radius 2 is 2.04 bits per heavy atom. The summed E-state index contributed by atoms with van der Waals surface area (Å²) in [6.45, 7) is 11.3. The van der Waals surface area contributed by atoms with E-state index in [9.17, 15) is 9.18 Å². The second-order valence-electron chi connectivity index (χ2n) is 7.22. The normalized spacial score (nSPS) is 12.9. The number of amides is 1. The topological polar surface area (TPSA) is 34.4 Å². The van der Waals surface area contributed by atoms with Gasteiger partial charge >= 0.3 is 0 Å². The van der Waals surface area contributed by atoms with E-state index in [4.69, 9.17) is 11.6 Å². The first-order valence-electron chi connectivity index (χ1n) is 7.83. The van der Waals surface area contributed by atoms with Crippen molar-refractivity contribution in [3.8, 4) is 0 Å². The molecule has 1 aromatic heterocycles. The Labute approximate surface area is 150 Å². The number of carbonyl (C=O) groups is 1. The van der Waals surface area contributed by atoms with Gasteiger partial charge in [0.25, 0.3) is 5.91 Å². The van der Waals surface area contributed by atoms with Crippen LogP contribution in [0.2, 0.25) is 5.02 Å². The molecule has 130 valence electrons.